The Morgan fingerprint density at radius 2 is 1.83 bits per heavy atom. The number of hydrogen-bond donors (Lipinski definition) is 1. The van der Waals surface area contributed by atoms with Gasteiger partial charge in [-0.25, -0.2) is 4.39 Å². The van der Waals surface area contributed by atoms with Crippen LogP contribution >= 0.6 is 11.6 Å². The van der Waals surface area contributed by atoms with Crippen LogP contribution in [0.2, 0.25) is 0 Å². The van der Waals surface area contributed by atoms with Crippen LogP contribution in [0.4, 0.5) is 4.39 Å². The van der Waals surface area contributed by atoms with Crippen molar-refractivity contribution < 1.29 is 9.60 Å². The fraction of sp³-hybridized carbons (Fsp3) is 0.125. The molecule has 1 aromatic carbocycles. The number of rotatable bonds is 0. The van der Waals surface area contributed by atoms with Crippen LogP contribution in [0.15, 0.2) is 29.4 Å². The highest BCUT2D eigenvalue weighted by Gasteiger charge is 1.83. The molecule has 0 saturated heterocycles. The van der Waals surface area contributed by atoms with Crippen molar-refractivity contribution in [2.75, 3.05) is 0 Å². The van der Waals surface area contributed by atoms with E-state index >= 15 is 0 Å². The molecular formula is C8H9ClFNO. The van der Waals surface area contributed by atoms with E-state index < -0.39 is 0 Å². The highest BCUT2D eigenvalue weighted by atomic mass is 35.5. The van der Waals surface area contributed by atoms with E-state index in [2.05, 4.69) is 16.8 Å². The SMILES string of the molecule is Cc1ccc(F)cc1.O/N=C\Cl. The van der Waals surface area contributed by atoms with Gasteiger partial charge >= 0.3 is 0 Å². The Hall–Kier alpha value is -1.09. The largest absolute Gasteiger partial charge is 0.410 e. The van der Waals surface area contributed by atoms with Gasteiger partial charge in [0.1, 0.15) is 11.5 Å². The molecule has 0 saturated carbocycles. The van der Waals surface area contributed by atoms with Crippen LogP contribution in [-0.2, 0) is 0 Å². The van der Waals surface area contributed by atoms with E-state index in [1.807, 2.05) is 6.92 Å². The van der Waals surface area contributed by atoms with Crippen molar-refractivity contribution in [3.05, 3.63) is 35.6 Å². The molecule has 0 fully saturated rings. The van der Waals surface area contributed by atoms with Crippen LogP contribution in [0.3, 0.4) is 0 Å². The minimum absolute atomic E-state index is 0.171. The topological polar surface area (TPSA) is 32.6 Å². The zero-order chi connectivity index (χ0) is 9.40. The predicted octanol–water partition coefficient (Wildman–Crippen LogP) is 2.78. The summed E-state index contributed by atoms with van der Waals surface area (Å²) in [6, 6.07) is 6.40. The molecule has 1 aromatic rings. The zero-order valence-corrected chi connectivity index (χ0v) is 7.29. The molecule has 0 amide bonds. The summed E-state index contributed by atoms with van der Waals surface area (Å²) in [5, 5.41) is 9.69. The molecule has 66 valence electrons. The molecule has 0 aliphatic heterocycles. The summed E-state index contributed by atoms with van der Waals surface area (Å²) in [4.78, 5) is 0. The van der Waals surface area contributed by atoms with Gasteiger partial charge in [-0.15, -0.1) is 0 Å². The average Bonchev–Trinajstić information content (AvgIpc) is 2.11. The molecule has 4 heteroatoms. The summed E-state index contributed by atoms with van der Waals surface area (Å²) >= 11 is 4.64. The molecule has 1 rings (SSSR count). The summed E-state index contributed by atoms with van der Waals surface area (Å²) in [5.41, 5.74) is 1.87. The second kappa shape index (κ2) is 6.61. The number of oxime groups is 1. The van der Waals surface area contributed by atoms with E-state index in [0.717, 1.165) is 11.2 Å². The van der Waals surface area contributed by atoms with Crippen LogP contribution in [0, 0.1) is 12.7 Å². The molecule has 0 radical (unpaired) electrons. The first-order valence-corrected chi connectivity index (χ1v) is 3.62. The molecule has 2 nitrogen and oxygen atoms in total. The lowest BCUT2D eigenvalue weighted by Gasteiger charge is -1.87. The van der Waals surface area contributed by atoms with Gasteiger partial charge in [-0.2, -0.15) is 0 Å². The number of hydrogen-bond acceptors (Lipinski definition) is 2. The lowest BCUT2D eigenvalue weighted by molar-refractivity contribution is 0.323. The molecule has 0 aromatic heterocycles. The number of nitrogens with zero attached hydrogens (tertiary/aromatic N) is 1. The summed E-state index contributed by atoms with van der Waals surface area (Å²) in [6.45, 7) is 1.93. The molecule has 0 heterocycles. The summed E-state index contributed by atoms with van der Waals surface area (Å²) in [5.74, 6) is -0.171. The van der Waals surface area contributed by atoms with E-state index in [-0.39, 0.29) is 5.82 Å². The average molecular weight is 190 g/mol. The first kappa shape index (κ1) is 10.9. The number of benzene rings is 1. The van der Waals surface area contributed by atoms with Crippen LogP contribution in [0.25, 0.3) is 0 Å². The Morgan fingerprint density at radius 1 is 1.42 bits per heavy atom. The maximum atomic E-state index is 12.1. The van der Waals surface area contributed by atoms with Crippen molar-refractivity contribution in [1.82, 2.24) is 0 Å². The molecule has 0 aliphatic carbocycles. The molecule has 0 spiro atoms. The van der Waals surface area contributed by atoms with Crippen LogP contribution in [0.1, 0.15) is 5.56 Å². The van der Waals surface area contributed by atoms with Gasteiger partial charge in [-0.05, 0) is 19.1 Å². The lowest BCUT2D eigenvalue weighted by Crippen LogP contribution is -1.71. The van der Waals surface area contributed by atoms with Gasteiger partial charge in [0.2, 0.25) is 0 Å². The first-order chi connectivity index (χ1) is 5.70. The first-order valence-electron chi connectivity index (χ1n) is 3.19. The van der Waals surface area contributed by atoms with Crippen LogP contribution in [-0.4, -0.2) is 10.9 Å². The van der Waals surface area contributed by atoms with Crippen LogP contribution < -0.4 is 0 Å². The summed E-state index contributed by atoms with van der Waals surface area (Å²) in [6.07, 6.45) is 0. The molecule has 0 bridgehead atoms. The Labute approximate surface area is 75.3 Å². The predicted molar refractivity (Wildman–Crippen MR) is 47.3 cm³/mol. The molecule has 0 aliphatic rings. The van der Waals surface area contributed by atoms with Gasteiger partial charge in [0, 0.05) is 0 Å². The summed E-state index contributed by atoms with van der Waals surface area (Å²) < 4.78 is 12.1. The van der Waals surface area contributed by atoms with E-state index in [4.69, 9.17) is 5.21 Å². The molecule has 0 atom stereocenters. The van der Waals surface area contributed by atoms with E-state index in [9.17, 15) is 4.39 Å². The van der Waals surface area contributed by atoms with Crippen molar-refractivity contribution in [1.29, 1.82) is 0 Å². The molecule has 12 heavy (non-hydrogen) atoms. The van der Waals surface area contributed by atoms with Crippen molar-refractivity contribution in [2.24, 2.45) is 5.16 Å². The van der Waals surface area contributed by atoms with Crippen molar-refractivity contribution >= 4 is 17.3 Å². The second-order valence-corrected chi connectivity index (χ2v) is 2.20. The minimum atomic E-state index is -0.171. The van der Waals surface area contributed by atoms with E-state index in [0.29, 0.717) is 0 Å². The van der Waals surface area contributed by atoms with Gasteiger partial charge in [0.05, 0.1) is 0 Å². The Morgan fingerprint density at radius 3 is 2.08 bits per heavy atom. The van der Waals surface area contributed by atoms with E-state index in [1.54, 1.807) is 12.1 Å². The van der Waals surface area contributed by atoms with Gasteiger partial charge in [-0.1, -0.05) is 34.5 Å². The minimum Gasteiger partial charge on any atom is -0.410 e. The third kappa shape index (κ3) is 5.68. The fourth-order valence-electron chi connectivity index (χ4n) is 0.533. The smallest absolute Gasteiger partial charge is 0.132 e. The van der Waals surface area contributed by atoms with Gasteiger partial charge in [-0.3, -0.25) is 0 Å². The van der Waals surface area contributed by atoms with E-state index in [1.165, 1.54) is 12.1 Å². The third-order valence-corrected chi connectivity index (χ3v) is 1.14. The number of halogens is 2. The highest BCUT2D eigenvalue weighted by molar-refractivity contribution is 6.56. The monoisotopic (exact) mass is 189 g/mol. The number of aryl methyl sites for hydroxylation is 1. The van der Waals surface area contributed by atoms with Gasteiger partial charge < -0.3 is 5.21 Å². The summed E-state index contributed by atoms with van der Waals surface area (Å²) in [7, 11) is 0. The normalized spacial score (nSPS) is 9.25. The van der Waals surface area contributed by atoms with Gasteiger partial charge in [0.15, 0.2) is 0 Å². The highest BCUT2D eigenvalue weighted by Crippen LogP contribution is 1.98. The Bertz CT molecular complexity index is 210. The standard InChI is InChI=1S/C7H7F.CH2ClNO/c1-6-2-4-7(8)5-3-6;2-1-3-4/h2-5H,1H3;1,4H/b;3-1-. The molecule has 0 unspecified atom stereocenters. The lowest BCUT2D eigenvalue weighted by atomic mass is 10.2. The molecule has 1 N–H and O–H groups in total. The van der Waals surface area contributed by atoms with Gasteiger partial charge in [0.25, 0.3) is 0 Å². The van der Waals surface area contributed by atoms with Crippen molar-refractivity contribution in [2.45, 2.75) is 6.92 Å². The Kier molecular flexibility index (Phi) is 6.01. The second-order valence-electron chi connectivity index (χ2n) is 2.01. The van der Waals surface area contributed by atoms with Crippen LogP contribution in [0.5, 0.6) is 0 Å². The molecular weight excluding hydrogens is 181 g/mol. The van der Waals surface area contributed by atoms with Crippen molar-refractivity contribution in [3.8, 4) is 0 Å². The third-order valence-electron chi connectivity index (χ3n) is 1.05. The maximum absolute atomic E-state index is 12.1. The van der Waals surface area contributed by atoms with Crippen molar-refractivity contribution in [3.63, 3.8) is 0 Å². The quantitative estimate of drug-likeness (QED) is 0.380. The zero-order valence-electron chi connectivity index (χ0n) is 6.54. The maximum Gasteiger partial charge on any atom is 0.132 e. The fourth-order valence-corrected chi connectivity index (χ4v) is 0.533. The Balaban J connectivity index is 0.000000261.